The van der Waals surface area contributed by atoms with Crippen LogP contribution in [0.5, 0.6) is 5.75 Å². The highest BCUT2D eigenvalue weighted by molar-refractivity contribution is 6.00. The zero-order valence-corrected chi connectivity index (χ0v) is 12.4. The molecule has 21 heavy (non-hydrogen) atoms. The number of hydrogen-bond acceptors (Lipinski definition) is 3. The van der Waals surface area contributed by atoms with Crippen molar-refractivity contribution in [2.75, 3.05) is 6.61 Å². The third kappa shape index (κ3) is 3.29. The fourth-order valence-electron chi connectivity index (χ4n) is 2.52. The lowest BCUT2D eigenvalue weighted by atomic mass is 9.97. The second kappa shape index (κ2) is 6.23. The molecule has 0 aliphatic carbocycles. The zero-order chi connectivity index (χ0) is 15.4. The van der Waals surface area contributed by atoms with Crippen LogP contribution in [0.2, 0.25) is 0 Å². The molecule has 0 aliphatic heterocycles. The summed E-state index contributed by atoms with van der Waals surface area (Å²) in [5, 5.41) is 9.00. The summed E-state index contributed by atoms with van der Waals surface area (Å²) in [6, 6.07) is 12.9. The van der Waals surface area contributed by atoms with E-state index in [-0.39, 0.29) is 12.4 Å². The Morgan fingerprint density at radius 1 is 1.14 bits per heavy atom. The van der Waals surface area contributed by atoms with Gasteiger partial charge in [0.1, 0.15) is 11.8 Å². The maximum absolute atomic E-state index is 12.4. The molecule has 0 saturated heterocycles. The van der Waals surface area contributed by atoms with Gasteiger partial charge in [0.05, 0.1) is 5.56 Å². The maximum atomic E-state index is 12.4. The zero-order valence-electron chi connectivity index (χ0n) is 12.4. The maximum Gasteiger partial charge on any atom is 0.200 e. The molecule has 0 heterocycles. The SMILES string of the molecule is Cc1cc(C)c(C(=O)COc2ccccc2C#N)c(C)c1. The first-order valence-electron chi connectivity index (χ1n) is 6.76. The number of aryl methyl sites for hydroxylation is 3. The molecule has 0 spiro atoms. The highest BCUT2D eigenvalue weighted by atomic mass is 16.5. The lowest BCUT2D eigenvalue weighted by Crippen LogP contribution is -2.15. The van der Waals surface area contributed by atoms with Gasteiger partial charge in [0, 0.05) is 5.56 Å². The molecule has 0 aliphatic rings. The Kier molecular flexibility index (Phi) is 4.39. The summed E-state index contributed by atoms with van der Waals surface area (Å²) < 4.78 is 5.51. The standard InChI is InChI=1S/C18H17NO2/c1-12-8-13(2)18(14(3)9-12)16(20)11-21-17-7-5-4-6-15(17)10-19/h4-9H,11H2,1-3H3. The first kappa shape index (κ1) is 14.8. The predicted octanol–water partition coefficient (Wildman–Crippen LogP) is 3.75. The van der Waals surface area contributed by atoms with Gasteiger partial charge in [0.15, 0.2) is 6.61 Å². The summed E-state index contributed by atoms with van der Waals surface area (Å²) in [6.45, 7) is 5.80. The van der Waals surface area contributed by atoms with Crippen LogP contribution in [0, 0.1) is 32.1 Å². The van der Waals surface area contributed by atoms with E-state index in [1.807, 2.05) is 32.9 Å². The second-order valence-corrected chi connectivity index (χ2v) is 5.09. The monoisotopic (exact) mass is 279 g/mol. The Bertz CT molecular complexity index is 703. The van der Waals surface area contributed by atoms with Crippen LogP contribution in [0.4, 0.5) is 0 Å². The predicted molar refractivity (Wildman–Crippen MR) is 81.6 cm³/mol. The number of carbonyl (C=O) groups excluding carboxylic acids is 1. The Morgan fingerprint density at radius 3 is 2.38 bits per heavy atom. The van der Waals surface area contributed by atoms with Gasteiger partial charge in [-0.1, -0.05) is 29.8 Å². The average Bonchev–Trinajstić information content (AvgIpc) is 2.44. The van der Waals surface area contributed by atoms with Crippen LogP contribution >= 0.6 is 0 Å². The van der Waals surface area contributed by atoms with E-state index in [0.717, 1.165) is 16.7 Å². The number of Topliss-reactive ketones (excluding diaryl/α,β-unsaturated/α-hetero) is 1. The number of nitrogens with zero attached hydrogens (tertiary/aromatic N) is 1. The molecule has 2 rings (SSSR count). The van der Waals surface area contributed by atoms with Gasteiger partial charge in [-0.3, -0.25) is 4.79 Å². The van der Waals surface area contributed by atoms with Crippen LogP contribution in [0.3, 0.4) is 0 Å². The van der Waals surface area contributed by atoms with Crippen molar-refractivity contribution in [2.24, 2.45) is 0 Å². The van der Waals surface area contributed by atoms with Gasteiger partial charge in [-0.25, -0.2) is 0 Å². The summed E-state index contributed by atoms with van der Waals surface area (Å²) in [5.41, 5.74) is 4.18. The normalized spacial score (nSPS) is 10.0. The lowest BCUT2D eigenvalue weighted by Gasteiger charge is -2.11. The highest BCUT2D eigenvalue weighted by Crippen LogP contribution is 2.20. The number of ether oxygens (including phenoxy) is 1. The third-order valence-corrected chi connectivity index (χ3v) is 3.32. The first-order valence-corrected chi connectivity index (χ1v) is 6.76. The van der Waals surface area contributed by atoms with Crippen molar-refractivity contribution in [3.63, 3.8) is 0 Å². The van der Waals surface area contributed by atoms with Crippen molar-refractivity contribution >= 4 is 5.78 Å². The summed E-state index contributed by atoms with van der Waals surface area (Å²) in [6.07, 6.45) is 0. The Morgan fingerprint density at radius 2 is 1.76 bits per heavy atom. The number of para-hydroxylation sites is 1. The van der Waals surface area contributed by atoms with Crippen LogP contribution in [-0.2, 0) is 0 Å². The minimum absolute atomic E-state index is 0.0660. The van der Waals surface area contributed by atoms with Gasteiger partial charge in [-0.2, -0.15) is 5.26 Å². The van der Waals surface area contributed by atoms with Gasteiger partial charge in [-0.05, 0) is 44.0 Å². The number of rotatable bonds is 4. The third-order valence-electron chi connectivity index (χ3n) is 3.32. The molecule has 0 bridgehead atoms. The van der Waals surface area contributed by atoms with Crippen LogP contribution in [-0.4, -0.2) is 12.4 Å². The highest BCUT2D eigenvalue weighted by Gasteiger charge is 2.14. The molecule has 106 valence electrons. The van der Waals surface area contributed by atoms with Gasteiger partial charge in [0.2, 0.25) is 5.78 Å². The Labute approximate surface area is 124 Å². The molecule has 2 aromatic carbocycles. The molecule has 0 N–H and O–H groups in total. The van der Waals surface area contributed by atoms with E-state index in [0.29, 0.717) is 16.9 Å². The molecule has 0 saturated carbocycles. The minimum Gasteiger partial charge on any atom is -0.484 e. The molecule has 0 atom stereocenters. The number of hydrogen-bond donors (Lipinski definition) is 0. The van der Waals surface area contributed by atoms with E-state index in [9.17, 15) is 4.79 Å². The molecule has 0 radical (unpaired) electrons. The minimum atomic E-state index is -0.0715. The average molecular weight is 279 g/mol. The van der Waals surface area contributed by atoms with Crippen molar-refractivity contribution in [2.45, 2.75) is 20.8 Å². The summed E-state index contributed by atoms with van der Waals surface area (Å²) >= 11 is 0. The van der Waals surface area contributed by atoms with Gasteiger partial charge >= 0.3 is 0 Å². The molecule has 2 aromatic rings. The van der Waals surface area contributed by atoms with Crippen molar-refractivity contribution in [3.8, 4) is 11.8 Å². The van der Waals surface area contributed by atoms with Crippen molar-refractivity contribution < 1.29 is 9.53 Å². The summed E-state index contributed by atoms with van der Waals surface area (Å²) in [7, 11) is 0. The van der Waals surface area contributed by atoms with E-state index >= 15 is 0 Å². The summed E-state index contributed by atoms with van der Waals surface area (Å²) in [4.78, 5) is 12.4. The van der Waals surface area contributed by atoms with Crippen LogP contribution in [0.25, 0.3) is 0 Å². The molecule has 3 nitrogen and oxygen atoms in total. The molecule has 0 aromatic heterocycles. The van der Waals surface area contributed by atoms with Crippen molar-refractivity contribution in [3.05, 3.63) is 64.2 Å². The number of benzene rings is 2. The molecule has 0 fully saturated rings. The van der Waals surface area contributed by atoms with Gasteiger partial charge in [0.25, 0.3) is 0 Å². The van der Waals surface area contributed by atoms with Gasteiger partial charge < -0.3 is 4.74 Å². The molecule has 3 heteroatoms. The molecule has 0 unspecified atom stereocenters. The topological polar surface area (TPSA) is 50.1 Å². The second-order valence-electron chi connectivity index (χ2n) is 5.09. The van der Waals surface area contributed by atoms with E-state index < -0.39 is 0 Å². The van der Waals surface area contributed by atoms with Crippen LogP contribution < -0.4 is 4.74 Å². The Hall–Kier alpha value is -2.60. The Balaban J connectivity index is 2.18. The fourth-order valence-corrected chi connectivity index (χ4v) is 2.52. The van der Waals surface area contributed by atoms with Crippen LogP contribution in [0.1, 0.15) is 32.6 Å². The number of nitriles is 1. The lowest BCUT2D eigenvalue weighted by molar-refractivity contribution is 0.0920. The van der Waals surface area contributed by atoms with E-state index in [1.165, 1.54) is 0 Å². The number of carbonyl (C=O) groups is 1. The quantitative estimate of drug-likeness (QED) is 0.801. The van der Waals surface area contributed by atoms with Crippen molar-refractivity contribution in [1.82, 2.24) is 0 Å². The molecular weight excluding hydrogens is 262 g/mol. The van der Waals surface area contributed by atoms with E-state index in [4.69, 9.17) is 10.00 Å². The summed E-state index contributed by atoms with van der Waals surface area (Å²) in [5.74, 6) is 0.369. The molecule has 0 amide bonds. The van der Waals surface area contributed by atoms with Crippen LogP contribution in [0.15, 0.2) is 36.4 Å². The van der Waals surface area contributed by atoms with E-state index in [2.05, 4.69) is 6.07 Å². The van der Waals surface area contributed by atoms with E-state index in [1.54, 1.807) is 24.3 Å². The fraction of sp³-hybridized carbons (Fsp3) is 0.222. The smallest absolute Gasteiger partial charge is 0.200 e. The first-order chi connectivity index (χ1) is 10.0. The largest absolute Gasteiger partial charge is 0.484 e. The number of ketones is 1. The molecular formula is C18H17NO2. The van der Waals surface area contributed by atoms with Crippen molar-refractivity contribution in [1.29, 1.82) is 5.26 Å². The van der Waals surface area contributed by atoms with Gasteiger partial charge in [-0.15, -0.1) is 0 Å².